The maximum absolute atomic E-state index is 5.65. The molecule has 2 aromatic heterocycles. The lowest BCUT2D eigenvalue weighted by atomic mass is 10.4. The van der Waals surface area contributed by atoms with Gasteiger partial charge in [-0.2, -0.15) is 5.10 Å². The van der Waals surface area contributed by atoms with E-state index < -0.39 is 0 Å². The zero-order valence-corrected chi connectivity index (χ0v) is 11.3. The minimum absolute atomic E-state index is 0.518. The minimum atomic E-state index is 0.518. The van der Waals surface area contributed by atoms with Gasteiger partial charge >= 0.3 is 0 Å². The predicted molar refractivity (Wildman–Crippen MR) is 73.4 cm³/mol. The quantitative estimate of drug-likeness (QED) is 0.830. The van der Waals surface area contributed by atoms with Crippen LogP contribution in [0.25, 0.3) is 0 Å². The van der Waals surface area contributed by atoms with Crippen LogP contribution in [0.5, 0.6) is 11.6 Å². The number of hydrogen-bond donors (Lipinski definition) is 1. The molecule has 0 aliphatic heterocycles. The Morgan fingerprint density at radius 1 is 1.26 bits per heavy atom. The SMILES string of the molecule is CCCNc1cc(Oc2cnn(CCC)c2)ncn1. The van der Waals surface area contributed by atoms with Crippen LogP contribution in [0.4, 0.5) is 5.82 Å². The number of nitrogens with zero attached hydrogens (tertiary/aromatic N) is 4. The van der Waals surface area contributed by atoms with Gasteiger partial charge in [0.15, 0.2) is 5.75 Å². The van der Waals surface area contributed by atoms with E-state index in [4.69, 9.17) is 4.74 Å². The van der Waals surface area contributed by atoms with E-state index in [2.05, 4.69) is 34.2 Å². The van der Waals surface area contributed by atoms with E-state index >= 15 is 0 Å². The van der Waals surface area contributed by atoms with E-state index in [1.54, 1.807) is 12.3 Å². The van der Waals surface area contributed by atoms with Gasteiger partial charge in [-0.05, 0) is 12.8 Å². The highest BCUT2D eigenvalue weighted by atomic mass is 16.5. The van der Waals surface area contributed by atoms with Crippen LogP contribution >= 0.6 is 0 Å². The Balaban J connectivity index is 2.01. The summed E-state index contributed by atoms with van der Waals surface area (Å²) in [6, 6.07) is 1.78. The molecule has 0 saturated heterocycles. The van der Waals surface area contributed by atoms with Crippen molar-refractivity contribution in [1.82, 2.24) is 19.7 Å². The van der Waals surface area contributed by atoms with Gasteiger partial charge in [0.25, 0.3) is 0 Å². The van der Waals surface area contributed by atoms with Crippen molar-refractivity contribution < 1.29 is 4.74 Å². The van der Waals surface area contributed by atoms with Crippen LogP contribution in [0.15, 0.2) is 24.8 Å². The minimum Gasteiger partial charge on any atom is -0.436 e. The Labute approximate surface area is 112 Å². The van der Waals surface area contributed by atoms with Crippen molar-refractivity contribution in [1.29, 1.82) is 0 Å². The number of hydrogen-bond acceptors (Lipinski definition) is 5. The van der Waals surface area contributed by atoms with Gasteiger partial charge in [-0.3, -0.25) is 4.68 Å². The Kier molecular flexibility index (Phi) is 4.72. The predicted octanol–water partition coefficient (Wildman–Crippen LogP) is 2.70. The standard InChI is InChI=1S/C13H19N5O/c1-3-5-14-12-7-13(16-10-15-12)19-11-8-17-18(9-11)6-4-2/h7-10H,3-6H2,1-2H3,(H,14,15,16). The Hall–Kier alpha value is -2.11. The number of aromatic nitrogens is 4. The molecule has 0 saturated carbocycles. The van der Waals surface area contributed by atoms with E-state index in [-0.39, 0.29) is 0 Å². The fourth-order valence-corrected chi connectivity index (χ4v) is 1.61. The zero-order valence-electron chi connectivity index (χ0n) is 11.3. The van der Waals surface area contributed by atoms with Crippen molar-refractivity contribution in [3.63, 3.8) is 0 Å². The molecule has 2 aromatic rings. The van der Waals surface area contributed by atoms with Crippen LogP contribution in [0.2, 0.25) is 0 Å². The van der Waals surface area contributed by atoms with Crippen molar-refractivity contribution in [2.24, 2.45) is 0 Å². The number of aryl methyl sites for hydroxylation is 1. The molecule has 0 aliphatic rings. The van der Waals surface area contributed by atoms with Crippen molar-refractivity contribution in [3.8, 4) is 11.6 Å². The summed E-state index contributed by atoms with van der Waals surface area (Å²) in [6.07, 6.45) is 7.13. The molecule has 2 heterocycles. The maximum Gasteiger partial charge on any atom is 0.224 e. The van der Waals surface area contributed by atoms with Gasteiger partial charge < -0.3 is 10.1 Å². The Bertz CT molecular complexity index is 511. The highest BCUT2D eigenvalue weighted by Gasteiger charge is 2.03. The third-order valence-electron chi connectivity index (χ3n) is 2.48. The fraction of sp³-hybridized carbons (Fsp3) is 0.462. The first kappa shape index (κ1) is 13.3. The van der Waals surface area contributed by atoms with Gasteiger partial charge in [0, 0.05) is 19.2 Å². The van der Waals surface area contributed by atoms with Crippen LogP contribution in [-0.4, -0.2) is 26.3 Å². The van der Waals surface area contributed by atoms with Gasteiger partial charge in [-0.1, -0.05) is 13.8 Å². The molecule has 19 heavy (non-hydrogen) atoms. The molecule has 0 fully saturated rings. The van der Waals surface area contributed by atoms with E-state index in [0.29, 0.717) is 11.6 Å². The summed E-state index contributed by atoms with van der Waals surface area (Å²) in [5.74, 6) is 1.98. The average molecular weight is 261 g/mol. The molecule has 0 radical (unpaired) electrons. The smallest absolute Gasteiger partial charge is 0.224 e. The van der Waals surface area contributed by atoms with Crippen LogP contribution in [0, 0.1) is 0 Å². The molecule has 0 unspecified atom stereocenters. The summed E-state index contributed by atoms with van der Waals surface area (Å²) in [5, 5.41) is 7.40. The lowest BCUT2D eigenvalue weighted by Gasteiger charge is -2.05. The van der Waals surface area contributed by atoms with Gasteiger partial charge in [-0.15, -0.1) is 0 Å². The average Bonchev–Trinajstić information content (AvgIpc) is 2.85. The fourth-order valence-electron chi connectivity index (χ4n) is 1.61. The number of anilines is 1. The van der Waals surface area contributed by atoms with Crippen molar-refractivity contribution in [2.45, 2.75) is 33.2 Å². The van der Waals surface area contributed by atoms with Crippen molar-refractivity contribution in [2.75, 3.05) is 11.9 Å². The molecular weight excluding hydrogens is 242 g/mol. The molecule has 0 aliphatic carbocycles. The molecule has 0 aromatic carbocycles. The van der Waals surface area contributed by atoms with Gasteiger partial charge in [0.1, 0.15) is 12.1 Å². The summed E-state index contributed by atoms with van der Waals surface area (Å²) < 4.78 is 7.51. The number of nitrogens with one attached hydrogen (secondary N) is 1. The molecular formula is C13H19N5O. The largest absolute Gasteiger partial charge is 0.436 e. The third kappa shape index (κ3) is 3.94. The maximum atomic E-state index is 5.65. The molecule has 6 heteroatoms. The molecule has 1 N–H and O–H groups in total. The van der Waals surface area contributed by atoms with Crippen LogP contribution in [0.1, 0.15) is 26.7 Å². The first-order valence-electron chi connectivity index (χ1n) is 6.58. The van der Waals surface area contributed by atoms with Crippen LogP contribution in [-0.2, 0) is 6.54 Å². The molecule has 2 rings (SSSR count). The normalized spacial score (nSPS) is 10.4. The highest BCUT2D eigenvalue weighted by molar-refractivity contribution is 5.38. The van der Waals surface area contributed by atoms with Gasteiger partial charge in [0.05, 0.1) is 12.4 Å². The molecule has 6 nitrogen and oxygen atoms in total. The summed E-state index contributed by atoms with van der Waals surface area (Å²) in [4.78, 5) is 8.22. The Morgan fingerprint density at radius 3 is 2.95 bits per heavy atom. The summed E-state index contributed by atoms with van der Waals surface area (Å²) in [5.41, 5.74) is 0. The second kappa shape index (κ2) is 6.72. The molecule has 0 amide bonds. The van der Waals surface area contributed by atoms with E-state index in [9.17, 15) is 0 Å². The first-order chi connectivity index (χ1) is 9.31. The number of rotatable bonds is 7. The highest BCUT2D eigenvalue weighted by Crippen LogP contribution is 2.19. The topological polar surface area (TPSA) is 64.9 Å². The summed E-state index contributed by atoms with van der Waals surface area (Å²) in [7, 11) is 0. The molecule has 0 bridgehead atoms. The van der Waals surface area contributed by atoms with E-state index in [1.807, 2.05) is 10.9 Å². The zero-order chi connectivity index (χ0) is 13.5. The second-order valence-corrected chi connectivity index (χ2v) is 4.21. The van der Waals surface area contributed by atoms with Crippen LogP contribution in [0.3, 0.4) is 0 Å². The first-order valence-corrected chi connectivity index (χ1v) is 6.58. The molecule has 102 valence electrons. The number of ether oxygens (including phenoxy) is 1. The Morgan fingerprint density at radius 2 is 2.16 bits per heavy atom. The van der Waals surface area contributed by atoms with Crippen molar-refractivity contribution >= 4 is 5.82 Å². The van der Waals surface area contributed by atoms with Gasteiger partial charge in [-0.25, -0.2) is 9.97 Å². The van der Waals surface area contributed by atoms with Crippen LogP contribution < -0.4 is 10.1 Å². The lowest BCUT2D eigenvalue weighted by molar-refractivity contribution is 0.460. The van der Waals surface area contributed by atoms with Crippen molar-refractivity contribution in [3.05, 3.63) is 24.8 Å². The lowest BCUT2D eigenvalue weighted by Crippen LogP contribution is -2.02. The summed E-state index contributed by atoms with van der Waals surface area (Å²) in [6.45, 7) is 5.98. The van der Waals surface area contributed by atoms with Gasteiger partial charge in [0.2, 0.25) is 5.88 Å². The molecule has 0 atom stereocenters. The second-order valence-electron chi connectivity index (χ2n) is 4.21. The molecule has 0 spiro atoms. The van der Waals surface area contributed by atoms with E-state index in [1.165, 1.54) is 6.33 Å². The summed E-state index contributed by atoms with van der Waals surface area (Å²) >= 11 is 0. The van der Waals surface area contributed by atoms with E-state index in [0.717, 1.165) is 31.7 Å². The third-order valence-corrected chi connectivity index (χ3v) is 2.48. The monoisotopic (exact) mass is 261 g/mol.